The number of amides is 1. The third-order valence-corrected chi connectivity index (χ3v) is 5.09. The van der Waals surface area contributed by atoms with Crippen molar-refractivity contribution in [3.63, 3.8) is 0 Å². The normalized spacial score (nSPS) is 15.8. The van der Waals surface area contributed by atoms with Crippen molar-refractivity contribution >= 4 is 27.3 Å². The second kappa shape index (κ2) is 7.27. The number of anilines is 1. The van der Waals surface area contributed by atoms with Crippen LogP contribution in [0.1, 0.15) is 30.3 Å². The molecule has 0 bridgehead atoms. The van der Waals surface area contributed by atoms with E-state index in [2.05, 4.69) is 27.2 Å². The van der Waals surface area contributed by atoms with Gasteiger partial charge in [0.15, 0.2) is 0 Å². The van der Waals surface area contributed by atoms with Crippen LogP contribution in [0.3, 0.4) is 0 Å². The van der Waals surface area contributed by atoms with E-state index in [1.54, 1.807) is 7.11 Å². The molecule has 0 saturated carbocycles. The molecule has 3 heterocycles. The Hall–Kier alpha value is -2.00. The van der Waals surface area contributed by atoms with Gasteiger partial charge in [-0.3, -0.25) is 9.59 Å². The predicted molar refractivity (Wildman–Crippen MR) is 92.0 cm³/mol. The largest absolute Gasteiger partial charge is 0.383 e. The van der Waals surface area contributed by atoms with Crippen LogP contribution in [0.5, 0.6) is 0 Å². The van der Waals surface area contributed by atoms with Crippen molar-refractivity contribution in [2.24, 2.45) is 5.92 Å². The molecule has 1 amide bonds. The number of carbonyl (C=O) groups excluding carboxylic acids is 1. The number of nitrogens with zero attached hydrogens (tertiary/aromatic N) is 4. The monoisotopic (exact) mass is 351 g/mol. The summed E-state index contributed by atoms with van der Waals surface area (Å²) in [6.07, 6.45) is 2.23. The minimum absolute atomic E-state index is 0.203. The molecule has 0 radical (unpaired) electrons. The SMILES string of the molecule is COCCNC(=O)c1cc(=O)nc2sc(N3CCC(C)CC3)nn12. The highest BCUT2D eigenvalue weighted by atomic mass is 32.1. The highest BCUT2D eigenvalue weighted by molar-refractivity contribution is 7.20. The molecule has 0 unspecified atom stereocenters. The molecule has 0 aromatic carbocycles. The van der Waals surface area contributed by atoms with Gasteiger partial charge < -0.3 is 15.0 Å². The Balaban J connectivity index is 1.89. The lowest BCUT2D eigenvalue weighted by atomic mass is 10.00. The molecule has 0 atom stereocenters. The summed E-state index contributed by atoms with van der Waals surface area (Å²) in [4.78, 5) is 30.7. The van der Waals surface area contributed by atoms with E-state index in [9.17, 15) is 9.59 Å². The number of fused-ring (bicyclic) bond motifs is 1. The molecular formula is C15H21N5O3S. The number of hydrogen-bond acceptors (Lipinski definition) is 7. The Morgan fingerprint density at radius 1 is 1.46 bits per heavy atom. The summed E-state index contributed by atoms with van der Waals surface area (Å²) < 4.78 is 6.38. The van der Waals surface area contributed by atoms with Gasteiger partial charge in [-0.15, -0.1) is 5.10 Å². The zero-order chi connectivity index (χ0) is 17.1. The van der Waals surface area contributed by atoms with E-state index in [0.717, 1.165) is 37.0 Å². The molecule has 1 fully saturated rings. The Kier molecular flexibility index (Phi) is 5.10. The van der Waals surface area contributed by atoms with Gasteiger partial charge in [-0.05, 0) is 18.8 Å². The van der Waals surface area contributed by atoms with Crippen LogP contribution in [-0.4, -0.2) is 53.9 Å². The summed E-state index contributed by atoms with van der Waals surface area (Å²) in [7, 11) is 1.56. The number of aromatic nitrogens is 3. The lowest BCUT2D eigenvalue weighted by molar-refractivity contribution is 0.0929. The van der Waals surface area contributed by atoms with Crippen molar-refractivity contribution in [2.45, 2.75) is 19.8 Å². The Morgan fingerprint density at radius 2 is 2.21 bits per heavy atom. The maximum absolute atomic E-state index is 12.3. The summed E-state index contributed by atoms with van der Waals surface area (Å²) >= 11 is 1.34. The molecule has 24 heavy (non-hydrogen) atoms. The van der Waals surface area contributed by atoms with Crippen molar-refractivity contribution in [3.8, 4) is 0 Å². The van der Waals surface area contributed by atoms with Gasteiger partial charge in [0.1, 0.15) is 5.69 Å². The second-order valence-electron chi connectivity index (χ2n) is 5.98. The van der Waals surface area contributed by atoms with Gasteiger partial charge in [-0.25, -0.2) is 0 Å². The average Bonchev–Trinajstić information content (AvgIpc) is 2.98. The predicted octanol–water partition coefficient (Wildman–Crippen LogP) is 0.763. The first-order valence-corrected chi connectivity index (χ1v) is 8.83. The standard InChI is InChI=1S/C15H21N5O3S/c1-10-3-6-19(7-4-10)15-18-20-11(13(22)16-5-8-23-2)9-12(21)17-14(20)24-15/h9-10H,3-8H2,1-2H3,(H,16,22). The van der Waals surface area contributed by atoms with Crippen LogP contribution in [0.15, 0.2) is 10.9 Å². The lowest BCUT2D eigenvalue weighted by Gasteiger charge is -2.29. The van der Waals surface area contributed by atoms with Gasteiger partial charge in [-0.1, -0.05) is 18.3 Å². The molecular weight excluding hydrogens is 330 g/mol. The maximum Gasteiger partial charge on any atom is 0.274 e. The number of ether oxygens (including phenoxy) is 1. The van der Waals surface area contributed by atoms with E-state index < -0.39 is 5.56 Å². The first kappa shape index (κ1) is 16.8. The minimum Gasteiger partial charge on any atom is -0.383 e. The van der Waals surface area contributed by atoms with Gasteiger partial charge in [0.05, 0.1) is 6.61 Å². The van der Waals surface area contributed by atoms with Crippen LogP contribution < -0.4 is 15.8 Å². The molecule has 0 spiro atoms. The Morgan fingerprint density at radius 3 is 2.92 bits per heavy atom. The Bertz CT molecular complexity index is 779. The topological polar surface area (TPSA) is 88.8 Å². The van der Waals surface area contributed by atoms with E-state index in [0.29, 0.717) is 18.1 Å². The van der Waals surface area contributed by atoms with Crippen molar-refractivity contribution in [2.75, 3.05) is 38.3 Å². The Labute approximate surface area is 143 Å². The van der Waals surface area contributed by atoms with Crippen LogP contribution in [0.25, 0.3) is 4.96 Å². The zero-order valence-electron chi connectivity index (χ0n) is 13.8. The highest BCUT2D eigenvalue weighted by Gasteiger charge is 2.21. The summed E-state index contributed by atoms with van der Waals surface area (Å²) in [5.74, 6) is 0.363. The summed E-state index contributed by atoms with van der Waals surface area (Å²) in [6, 6.07) is 1.22. The van der Waals surface area contributed by atoms with Gasteiger partial charge >= 0.3 is 0 Å². The highest BCUT2D eigenvalue weighted by Crippen LogP contribution is 2.27. The van der Waals surface area contributed by atoms with Crippen molar-refractivity contribution in [1.29, 1.82) is 0 Å². The molecule has 1 N–H and O–H groups in total. The summed E-state index contributed by atoms with van der Waals surface area (Å²) in [5, 5.41) is 8.03. The third-order valence-electron chi connectivity index (χ3n) is 4.12. The average molecular weight is 351 g/mol. The fourth-order valence-corrected chi connectivity index (χ4v) is 3.61. The van der Waals surface area contributed by atoms with Crippen LogP contribution >= 0.6 is 11.3 Å². The quantitative estimate of drug-likeness (QED) is 0.800. The molecule has 1 saturated heterocycles. The van der Waals surface area contributed by atoms with Gasteiger partial charge in [0.2, 0.25) is 10.1 Å². The molecule has 130 valence electrons. The van der Waals surface area contributed by atoms with Crippen LogP contribution in [0, 0.1) is 5.92 Å². The molecule has 1 aliphatic rings. The molecule has 2 aromatic rings. The molecule has 8 nitrogen and oxygen atoms in total. The van der Waals surface area contributed by atoms with Gasteiger partial charge in [0, 0.05) is 32.8 Å². The van der Waals surface area contributed by atoms with Crippen LogP contribution in [0.2, 0.25) is 0 Å². The van der Waals surface area contributed by atoms with Crippen LogP contribution in [0.4, 0.5) is 5.13 Å². The third kappa shape index (κ3) is 3.57. The van der Waals surface area contributed by atoms with Gasteiger partial charge in [-0.2, -0.15) is 9.50 Å². The fraction of sp³-hybridized carbons (Fsp3) is 0.600. The number of methoxy groups -OCH3 is 1. The number of hydrogen-bond donors (Lipinski definition) is 1. The van der Waals surface area contributed by atoms with Crippen molar-refractivity contribution in [3.05, 3.63) is 22.1 Å². The molecule has 9 heteroatoms. The van der Waals surface area contributed by atoms with Gasteiger partial charge in [0.25, 0.3) is 11.5 Å². The number of piperidine rings is 1. The van der Waals surface area contributed by atoms with E-state index in [4.69, 9.17) is 4.74 Å². The van der Waals surface area contributed by atoms with Crippen molar-refractivity contribution < 1.29 is 9.53 Å². The summed E-state index contributed by atoms with van der Waals surface area (Å²) in [5.41, 5.74) is -0.233. The smallest absolute Gasteiger partial charge is 0.274 e. The number of rotatable bonds is 5. The second-order valence-corrected chi connectivity index (χ2v) is 6.91. The summed E-state index contributed by atoms with van der Waals surface area (Å²) in [6.45, 7) is 4.89. The van der Waals surface area contributed by atoms with E-state index in [-0.39, 0.29) is 11.6 Å². The minimum atomic E-state index is -0.436. The molecule has 0 aliphatic carbocycles. The zero-order valence-corrected chi connectivity index (χ0v) is 14.6. The van der Waals surface area contributed by atoms with E-state index in [1.165, 1.54) is 21.9 Å². The first-order valence-electron chi connectivity index (χ1n) is 8.01. The number of carbonyl (C=O) groups is 1. The molecule has 3 rings (SSSR count). The molecule has 2 aromatic heterocycles. The van der Waals surface area contributed by atoms with Crippen LogP contribution in [-0.2, 0) is 4.74 Å². The maximum atomic E-state index is 12.3. The van der Waals surface area contributed by atoms with Crippen molar-refractivity contribution in [1.82, 2.24) is 19.9 Å². The first-order chi connectivity index (χ1) is 11.6. The lowest BCUT2D eigenvalue weighted by Crippen LogP contribution is -2.33. The fourth-order valence-electron chi connectivity index (χ4n) is 2.65. The molecule has 1 aliphatic heterocycles. The van der Waals surface area contributed by atoms with E-state index >= 15 is 0 Å². The van der Waals surface area contributed by atoms with E-state index in [1.807, 2.05) is 0 Å². The number of nitrogens with one attached hydrogen (secondary N) is 1.